The zero-order valence-corrected chi connectivity index (χ0v) is 32.8. The molecule has 6 atom stereocenters. The number of pyridine rings is 3. The Morgan fingerprint density at radius 3 is 0.905 bits per heavy atom. The lowest BCUT2D eigenvalue weighted by Crippen LogP contribution is -2.05. The minimum absolute atomic E-state index is 0.107. The van der Waals surface area contributed by atoms with E-state index in [0.29, 0.717) is 16.7 Å². The van der Waals surface area contributed by atoms with E-state index in [1.54, 1.807) is 18.2 Å². The van der Waals surface area contributed by atoms with Crippen molar-refractivity contribution in [1.29, 1.82) is 15.8 Å². The number of nitriles is 3. The molecule has 6 aliphatic heterocycles. The summed E-state index contributed by atoms with van der Waals surface area (Å²) in [5.74, 6) is -3.80. The summed E-state index contributed by atoms with van der Waals surface area (Å²) in [7, 11) is 0. The van der Waals surface area contributed by atoms with E-state index in [4.69, 9.17) is 30.0 Å². The monoisotopic (exact) mass is 852 g/mol. The SMILES string of the molecule is N#Cc1cc(-c2ccc(F)cc2F)c2c(n1)C1CCC2O1.N#Cc1cc(-c2ccc(F)cc2F)c2c(n1)[C@@H]1CC[C@H]2O1.N#Cc1cc(-c2ccc(F)cc2F)c2c(n1)[C@H]1CC[C@@H]2O1. The van der Waals surface area contributed by atoms with Crippen molar-refractivity contribution in [2.24, 2.45) is 0 Å². The Bertz CT molecular complexity index is 2710. The average molecular weight is 853 g/mol. The highest BCUT2D eigenvalue weighted by Crippen LogP contribution is 2.55. The maximum Gasteiger partial charge on any atom is 0.141 e. The van der Waals surface area contributed by atoms with E-state index in [0.717, 1.165) is 90.5 Å². The van der Waals surface area contributed by atoms with Crippen molar-refractivity contribution in [2.75, 3.05) is 0 Å². The third kappa shape index (κ3) is 6.97. The van der Waals surface area contributed by atoms with E-state index in [9.17, 15) is 26.3 Å². The first-order valence-electron chi connectivity index (χ1n) is 20.2. The van der Waals surface area contributed by atoms with Crippen molar-refractivity contribution < 1.29 is 40.6 Å². The largest absolute Gasteiger partial charge is 0.364 e. The molecule has 6 bridgehead atoms. The third-order valence-corrected chi connectivity index (χ3v) is 12.2. The Hall–Kier alpha value is -6.96. The van der Waals surface area contributed by atoms with Crippen molar-refractivity contribution in [3.63, 3.8) is 0 Å². The summed E-state index contributed by atoms with van der Waals surface area (Å²) < 4.78 is 99.0. The van der Waals surface area contributed by atoms with Crippen LogP contribution in [0.15, 0.2) is 72.8 Å². The van der Waals surface area contributed by atoms with Gasteiger partial charge < -0.3 is 14.2 Å². The fourth-order valence-corrected chi connectivity index (χ4v) is 9.59. The van der Waals surface area contributed by atoms with Gasteiger partial charge in [-0.2, -0.15) is 15.8 Å². The maximum absolute atomic E-state index is 14.1. The third-order valence-electron chi connectivity index (χ3n) is 12.2. The Balaban J connectivity index is 0.000000112. The molecular formula is C48H30F6N6O3. The second-order valence-electron chi connectivity index (χ2n) is 15.8. The van der Waals surface area contributed by atoms with Crippen LogP contribution < -0.4 is 0 Å². The summed E-state index contributed by atoms with van der Waals surface area (Å²) in [6.45, 7) is 0. The van der Waals surface area contributed by atoms with Gasteiger partial charge in [0.2, 0.25) is 0 Å². The van der Waals surface area contributed by atoms with Crippen molar-refractivity contribution >= 4 is 0 Å². The first-order chi connectivity index (χ1) is 30.5. The summed E-state index contributed by atoms with van der Waals surface area (Å²) in [6.07, 6.45) is 4.53. The molecule has 0 amide bonds. The molecule has 0 spiro atoms. The molecule has 12 rings (SSSR count). The Kier molecular flexibility index (Phi) is 10.0. The van der Waals surface area contributed by atoms with Gasteiger partial charge in [0, 0.05) is 51.6 Å². The summed E-state index contributed by atoms with van der Waals surface area (Å²) in [4.78, 5) is 12.9. The van der Waals surface area contributed by atoms with Gasteiger partial charge in [-0.15, -0.1) is 0 Å². The van der Waals surface area contributed by atoms with Crippen LogP contribution in [-0.4, -0.2) is 15.0 Å². The van der Waals surface area contributed by atoms with E-state index in [1.807, 2.05) is 18.2 Å². The smallest absolute Gasteiger partial charge is 0.141 e. The molecule has 0 radical (unpaired) electrons. The maximum atomic E-state index is 14.1. The molecule has 15 heteroatoms. The minimum atomic E-state index is -0.643. The molecule has 0 aliphatic carbocycles. The molecule has 3 aromatic carbocycles. The fraction of sp³-hybridized carbons (Fsp3) is 0.250. The van der Waals surface area contributed by atoms with Crippen LogP contribution in [0, 0.1) is 68.9 Å². The Labute approximate surface area is 355 Å². The predicted octanol–water partition coefficient (Wildman–Crippen LogP) is 11.4. The van der Waals surface area contributed by atoms with Gasteiger partial charge in [-0.3, -0.25) is 0 Å². The van der Waals surface area contributed by atoms with Gasteiger partial charge in [0.25, 0.3) is 0 Å². The van der Waals surface area contributed by atoms with Crippen LogP contribution in [0.2, 0.25) is 0 Å². The van der Waals surface area contributed by atoms with Crippen LogP contribution in [-0.2, 0) is 14.2 Å². The van der Waals surface area contributed by atoms with Gasteiger partial charge in [-0.05, 0) is 110 Å². The minimum Gasteiger partial charge on any atom is -0.364 e. The Morgan fingerprint density at radius 1 is 0.381 bits per heavy atom. The second kappa shape index (κ2) is 15.7. The number of benzene rings is 3. The first kappa shape index (κ1) is 40.1. The lowest BCUT2D eigenvalue weighted by atomic mass is 9.88. The summed E-state index contributed by atoms with van der Waals surface area (Å²) >= 11 is 0. The van der Waals surface area contributed by atoms with E-state index in [1.165, 1.54) is 36.4 Å². The molecule has 9 nitrogen and oxygen atoms in total. The zero-order chi connectivity index (χ0) is 43.7. The van der Waals surface area contributed by atoms with Gasteiger partial charge >= 0.3 is 0 Å². The number of hydrogen-bond acceptors (Lipinski definition) is 9. The normalized spacial score (nSPS) is 22.1. The molecule has 0 saturated carbocycles. The van der Waals surface area contributed by atoms with Crippen molar-refractivity contribution in [3.8, 4) is 51.6 Å². The standard InChI is InChI=1S/3C16H10F2N2O/c3*17-8-1-2-10(12(18)5-8)11-6-9(7-19)20-16-14-4-3-13(21-14)15(11)16/h3*1-2,5-6,13-14H,3-4H2/t2*13-,14+;/m10./s1. The number of rotatable bonds is 3. The molecule has 312 valence electrons. The molecule has 6 aromatic rings. The van der Waals surface area contributed by atoms with Crippen LogP contribution in [0.3, 0.4) is 0 Å². The van der Waals surface area contributed by atoms with Crippen molar-refractivity contribution in [1.82, 2.24) is 15.0 Å². The summed E-state index contributed by atoms with van der Waals surface area (Å²) in [5, 5.41) is 27.4. The molecule has 2 unspecified atom stereocenters. The van der Waals surface area contributed by atoms with Gasteiger partial charge in [0.15, 0.2) is 0 Å². The molecule has 3 aromatic heterocycles. The van der Waals surface area contributed by atoms with Crippen LogP contribution in [0.5, 0.6) is 0 Å². The molecule has 0 N–H and O–H groups in total. The van der Waals surface area contributed by atoms with E-state index in [2.05, 4.69) is 15.0 Å². The Morgan fingerprint density at radius 2 is 0.651 bits per heavy atom. The quantitative estimate of drug-likeness (QED) is 0.159. The van der Waals surface area contributed by atoms with Crippen LogP contribution >= 0.6 is 0 Å². The van der Waals surface area contributed by atoms with Crippen molar-refractivity contribution in [3.05, 3.63) is 159 Å². The number of hydrogen-bond donors (Lipinski definition) is 0. The predicted molar refractivity (Wildman–Crippen MR) is 210 cm³/mol. The second-order valence-corrected chi connectivity index (χ2v) is 15.8. The number of ether oxygens (including phenoxy) is 3. The van der Waals surface area contributed by atoms with Crippen LogP contribution in [0.25, 0.3) is 33.4 Å². The molecule has 63 heavy (non-hydrogen) atoms. The highest BCUT2D eigenvalue weighted by Gasteiger charge is 2.44. The lowest BCUT2D eigenvalue weighted by molar-refractivity contribution is 0.0703. The molecule has 3 fully saturated rings. The van der Waals surface area contributed by atoms with Gasteiger partial charge in [-0.25, -0.2) is 41.3 Å². The molecular weight excluding hydrogens is 823 g/mol. The average Bonchev–Trinajstić information content (AvgIpc) is 4.16. The fourth-order valence-electron chi connectivity index (χ4n) is 9.59. The lowest BCUT2D eigenvalue weighted by Gasteiger charge is -2.16. The summed E-state index contributed by atoms with van der Waals surface area (Å²) in [5.41, 5.74) is 7.98. The van der Waals surface area contributed by atoms with E-state index in [-0.39, 0.29) is 70.4 Å². The molecule has 9 heterocycles. The van der Waals surface area contributed by atoms with Gasteiger partial charge in [0.1, 0.15) is 88.5 Å². The highest BCUT2D eigenvalue weighted by molar-refractivity contribution is 5.74. The number of fused-ring (bicyclic) bond motifs is 15. The number of aromatic nitrogens is 3. The van der Waals surface area contributed by atoms with Gasteiger partial charge in [0.05, 0.1) is 35.4 Å². The summed E-state index contributed by atoms with van der Waals surface area (Å²) in [6, 6.07) is 21.0. The van der Waals surface area contributed by atoms with Gasteiger partial charge in [-0.1, -0.05) is 0 Å². The molecule has 3 saturated heterocycles. The zero-order valence-electron chi connectivity index (χ0n) is 32.8. The van der Waals surface area contributed by atoms with E-state index < -0.39 is 34.9 Å². The highest BCUT2D eigenvalue weighted by atomic mass is 19.2. The number of halogens is 6. The van der Waals surface area contributed by atoms with Crippen LogP contribution in [0.1, 0.15) is 126 Å². The van der Waals surface area contributed by atoms with Crippen LogP contribution in [0.4, 0.5) is 26.3 Å². The number of nitrogens with zero attached hydrogens (tertiary/aromatic N) is 6. The first-order valence-corrected chi connectivity index (χ1v) is 20.2. The van der Waals surface area contributed by atoms with Crippen molar-refractivity contribution in [2.45, 2.75) is 75.1 Å². The molecule has 6 aliphatic rings. The topological polar surface area (TPSA) is 138 Å². The van der Waals surface area contributed by atoms with E-state index >= 15 is 0 Å².